The van der Waals surface area contributed by atoms with E-state index in [0.717, 1.165) is 0 Å². The van der Waals surface area contributed by atoms with Crippen LogP contribution in [0.15, 0.2) is 35.5 Å². The van der Waals surface area contributed by atoms with Crippen LogP contribution < -0.4 is 10.6 Å². The van der Waals surface area contributed by atoms with Crippen LogP contribution in [0, 0.1) is 0 Å². The number of benzene rings is 1. The lowest BCUT2D eigenvalue weighted by Gasteiger charge is -2.28. The largest absolute Gasteiger partial charge is 0.508 e. The molecule has 1 atom stereocenters. The number of ketones is 1. The molecule has 0 unspecified atom stereocenters. The molecular formula is C13H14N2O3. The SMILES string of the molecule is CC(=O)C1=C(C)NC(=O)N[C@@H]1c1cccc(O)c1. The Labute approximate surface area is 105 Å². The molecule has 0 aliphatic carbocycles. The number of nitrogens with one attached hydrogen (secondary N) is 2. The van der Waals surface area contributed by atoms with Crippen molar-refractivity contribution in [1.29, 1.82) is 0 Å². The Morgan fingerprint density at radius 3 is 2.72 bits per heavy atom. The van der Waals surface area contributed by atoms with Crippen molar-refractivity contribution in [2.75, 3.05) is 0 Å². The van der Waals surface area contributed by atoms with Crippen LogP contribution in [-0.2, 0) is 4.79 Å². The molecule has 2 amide bonds. The molecule has 5 heteroatoms. The fourth-order valence-corrected chi connectivity index (χ4v) is 2.12. The van der Waals surface area contributed by atoms with Crippen LogP contribution in [-0.4, -0.2) is 16.9 Å². The first-order valence-electron chi connectivity index (χ1n) is 5.57. The van der Waals surface area contributed by atoms with E-state index in [1.165, 1.54) is 19.1 Å². The number of hydrogen-bond acceptors (Lipinski definition) is 3. The standard InChI is InChI=1S/C13H14N2O3/c1-7-11(8(2)16)12(15-13(18)14-7)9-4-3-5-10(17)6-9/h3-6,12,17H,1-2H3,(H2,14,15,18)/t12-/m1/s1. The van der Waals surface area contributed by atoms with Gasteiger partial charge in [0, 0.05) is 11.3 Å². The normalized spacial score (nSPS) is 19.2. The highest BCUT2D eigenvalue weighted by Gasteiger charge is 2.29. The third kappa shape index (κ3) is 2.20. The highest BCUT2D eigenvalue weighted by atomic mass is 16.3. The molecule has 94 valence electrons. The van der Waals surface area contributed by atoms with Gasteiger partial charge in [0.1, 0.15) is 5.75 Å². The molecule has 1 aliphatic rings. The van der Waals surface area contributed by atoms with Crippen LogP contribution in [0.4, 0.5) is 4.79 Å². The highest BCUT2D eigenvalue weighted by Crippen LogP contribution is 2.28. The number of Topliss-reactive ketones (excluding diaryl/α,β-unsaturated/α-hetero) is 1. The highest BCUT2D eigenvalue weighted by molar-refractivity contribution is 5.98. The first-order valence-corrected chi connectivity index (χ1v) is 5.57. The number of aromatic hydroxyl groups is 1. The van der Waals surface area contributed by atoms with Gasteiger partial charge in [0.05, 0.1) is 6.04 Å². The lowest BCUT2D eigenvalue weighted by Crippen LogP contribution is -2.44. The second kappa shape index (κ2) is 4.52. The molecule has 0 spiro atoms. The van der Waals surface area contributed by atoms with Crippen molar-refractivity contribution < 1.29 is 14.7 Å². The van der Waals surface area contributed by atoms with Gasteiger partial charge in [-0.1, -0.05) is 12.1 Å². The van der Waals surface area contributed by atoms with Gasteiger partial charge in [-0.05, 0) is 31.5 Å². The molecule has 0 aromatic heterocycles. The number of phenols is 1. The summed E-state index contributed by atoms with van der Waals surface area (Å²) in [7, 11) is 0. The molecule has 1 aromatic carbocycles. The molecule has 0 bridgehead atoms. The van der Waals surface area contributed by atoms with E-state index in [1.54, 1.807) is 19.1 Å². The number of hydrogen-bond donors (Lipinski definition) is 3. The lowest BCUT2D eigenvalue weighted by molar-refractivity contribution is -0.114. The van der Waals surface area contributed by atoms with Crippen molar-refractivity contribution >= 4 is 11.8 Å². The molecule has 0 radical (unpaired) electrons. The van der Waals surface area contributed by atoms with Gasteiger partial charge in [-0.15, -0.1) is 0 Å². The predicted octanol–water partition coefficient (Wildman–Crippen LogP) is 1.61. The number of allylic oxidation sites excluding steroid dienone is 1. The van der Waals surface area contributed by atoms with Crippen molar-refractivity contribution in [3.8, 4) is 5.75 Å². The lowest BCUT2D eigenvalue weighted by atomic mass is 9.93. The van der Waals surface area contributed by atoms with Crippen LogP contribution in [0.25, 0.3) is 0 Å². The van der Waals surface area contributed by atoms with Crippen LogP contribution >= 0.6 is 0 Å². The van der Waals surface area contributed by atoms with Crippen LogP contribution in [0.5, 0.6) is 5.75 Å². The predicted molar refractivity (Wildman–Crippen MR) is 65.9 cm³/mol. The Kier molecular flexibility index (Phi) is 3.06. The van der Waals surface area contributed by atoms with Gasteiger partial charge in [-0.25, -0.2) is 4.79 Å². The quantitative estimate of drug-likeness (QED) is 0.741. The summed E-state index contributed by atoms with van der Waals surface area (Å²) < 4.78 is 0. The topological polar surface area (TPSA) is 78.4 Å². The first kappa shape index (κ1) is 12.2. The van der Waals surface area contributed by atoms with E-state index in [2.05, 4.69) is 10.6 Å². The zero-order valence-electron chi connectivity index (χ0n) is 10.2. The maximum absolute atomic E-state index is 11.7. The third-order valence-corrected chi connectivity index (χ3v) is 2.85. The third-order valence-electron chi connectivity index (χ3n) is 2.85. The smallest absolute Gasteiger partial charge is 0.319 e. The molecule has 2 rings (SSSR count). The number of phenolic OH excluding ortho intramolecular Hbond substituents is 1. The fourth-order valence-electron chi connectivity index (χ4n) is 2.12. The molecule has 0 saturated heterocycles. The van der Waals surface area contributed by atoms with E-state index in [1.807, 2.05) is 0 Å². The van der Waals surface area contributed by atoms with Crippen LogP contribution in [0.3, 0.4) is 0 Å². The van der Waals surface area contributed by atoms with Gasteiger partial charge in [0.2, 0.25) is 0 Å². The maximum atomic E-state index is 11.7. The van der Waals surface area contributed by atoms with Crippen molar-refractivity contribution in [2.24, 2.45) is 0 Å². The molecule has 5 nitrogen and oxygen atoms in total. The second-order valence-electron chi connectivity index (χ2n) is 4.22. The summed E-state index contributed by atoms with van der Waals surface area (Å²) in [6, 6.07) is 5.62. The average molecular weight is 246 g/mol. The van der Waals surface area contributed by atoms with E-state index in [4.69, 9.17) is 0 Å². The second-order valence-corrected chi connectivity index (χ2v) is 4.22. The number of carbonyl (C=O) groups is 2. The van der Waals surface area contributed by atoms with E-state index in [0.29, 0.717) is 16.8 Å². The summed E-state index contributed by atoms with van der Waals surface area (Å²) in [6.45, 7) is 3.14. The molecule has 0 saturated carbocycles. The Balaban J connectivity index is 2.50. The van der Waals surface area contributed by atoms with Crippen molar-refractivity contribution in [1.82, 2.24) is 10.6 Å². The average Bonchev–Trinajstić information content (AvgIpc) is 2.27. The number of rotatable bonds is 2. The van der Waals surface area contributed by atoms with Gasteiger partial charge in [-0.2, -0.15) is 0 Å². The van der Waals surface area contributed by atoms with Gasteiger partial charge >= 0.3 is 6.03 Å². The number of amides is 2. The molecule has 1 aliphatic heterocycles. The fraction of sp³-hybridized carbons (Fsp3) is 0.231. The first-order chi connectivity index (χ1) is 8.49. The number of carbonyl (C=O) groups excluding carboxylic acids is 2. The summed E-state index contributed by atoms with van der Waals surface area (Å²) >= 11 is 0. The molecule has 18 heavy (non-hydrogen) atoms. The Morgan fingerprint density at radius 2 is 2.11 bits per heavy atom. The molecule has 3 N–H and O–H groups in total. The van der Waals surface area contributed by atoms with Gasteiger partial charge < -0.3 is 15.7 Å². The van der Waals surface area contributed by atoms with Crippen molar-refractivity contribution in [3.05, 3.63) is 41.1 Å². The summed E-state index contributed by atoms with van der Waals surface area (Å²) in [5, 5.41) is 14.7. The van der Waals surface area contributed by atoms with E-state index in [-0.39, 0.29) is 17.6 Å². The van der Waals surface area contributed by atoms with Crippen molar-refractivity contribution in [3.63, 3.8) is 0 Å². The molecule has 1 heterocycles. The minimum atomic E-state index is -0.525. The number of urea groups is 1. The molecule has 1 aromatic rings. The monoisotopic (exact) mass is 246 g/mol. The minimum Gasteiger partial charge on any atom is -0.508 e. The van der Waals surface area contributed by atoms with Crippen LogP contribution in [0.1, 0.15) is 25.5 Å². The van der Waals surface area contributed by atoms with E-state index in [9.17, 15) is 14.7 Å². The Bertz CT molecular complexity index is 549. The molecular weight excluding hydrogens is 232 g/mol. The van der Waals surface area contributed by atoms with Gasteiger partial charge in [0.15, 0.2) is 5.78 Å². The van der Waals surface area contributed by atoms with Crippen LogP contribution in [0.2, 0.25) is 0 Å². The summed E-state index contributed by atoms with van der Waals surface area (Å²) in [5.74, 6) is -0.0193. The Morgan fingerprint density at radius 1 is 1.39 bits per heavy atom. The maximum Gasteiger partial charge on any atom is 0.319 e. The summed E-state index contributed by atoms with van der Waals surface area (Å²) in [5.41, 5.74) is 1.72. The Hall–Kier alpha value is -2.30. The minimum absolute atomic E-state index is 0.0980. The zero-order chi connectivity index (χ0) is 13.3. The zero-order valence-corrected chi connectivity index (χ0v) is 10.2. The van der Waals surface area contributed by atoms with Crippen molar-refractivity contribution in [2.45, 2.75) is 19.9 Å². The van der Waals surface area contributed by atoms with E-state index >= 15 is 0 Å². The molecule has 0 fully saturated rings. The van der Waals surface area contributed by atoms with Gasteiger partial charge in [0.25, 0.3) is 0 Å². The van der Waals surface area contributed by atoms with Gasteiger partial charge in [-0.3, -0.25) is 4.79 Å². The summed E-state index contributed by atoms with van der Waals surface area (Å²) in [4.78, 5) is 23.2. The van der Waals surface area contributed by atoms with E-state index < -0.39 is 6.04 Å². The summed E-state index contributed by atoms with van der Waals surface area (Å²) in [6.07, 6.45) is 0.